The molecule has 3 heterocycles. The summed E-state index contributed by atoms with van der Waals surface area (Å²) in [5.41, 5.74) is 7.26. The third-order valence-electron chi connectivity index (χ3n) is 5.49. The van der Waals surface area contributed by atoms with E-state index in [4.69, 9.17) is 5.73 Å². The summed E-state index contributed by atoms with van der Waals surface area (Å²) >= 11 is 1.44. The zero-order chi connectivity index (χ0) is 22.5. The van der Waals surface area contributed by atoms with Crippen molar-refractivity contribution in [1.82, 2.24) is 14.9 Å². The number of anilines is 2. The number of likely N-dealkylation sites (tertiary alicyclic amines) is 1. The van der Waals surface area contributed by atoms with E-state index < -0.39 is 9.84 Å². The fourth-order valence-corrected chi connectivity index (χ4v) is 5.53. The number of rotatable bonds is 4. The number of carbonyl (C=O) groups is 1. The summed E-state index contributed by atoms with van der Waals surface area (Å²) in [7, 11) is -3.32. The lowest BCUT2D eigenvalue weighted by Crippen LogP contribution is -2.31. The Bertz CT molecular complexity index is 1470. The first-order chi connectivity index (χ1) is 15.3. The molecule has 2 aromatic carbocycles. The lowest BCUT2D eigenvalue weighted by Gasteiger charge is -2.13. The Hall–Kier alpha value is -3.08. The van der Waals surface area contributed by atoms with Crippen LogP contribution in [0, 0.1) is 0 Å². The molecule has 10 heteroatoms. The standard InChI is InChI=1S/C22H21N5O3S2/c1-32(29,30)16-4-2-3-15(9-16)25-22-24-11-13-5-6-18-17(20(13)26-22)10-19(31-18)21(28)27-8-7-14(23)12-27/h2-6,9-11,14H,7-8,12,23H2,1H3,(H,24,25,26). The van der Waals surface area contributed by atoms with Crippen LogP contribution in [0.15, 0.2) is 53.6 Å². The number of aromatic nitrogens is 2. The maximum atomic E-state index is 12.9. The second kappa shape index (κ2) is 7.80. The first kappa shape index (κ1) is 20.8. The van der Waals surface area contributed by atoms with Gasteiger partial charge in [-0.1, -0.05) is 6.07 Å². The highest BCUT2D eigenvalue weighted by molar-refractivity contribution is 7.90. The van der Waals surface area contributed by atoms with Crippen LogP contribution < -0.4 is 11.1 Å². The van der Waals surface area contributed by atoms with Crippen molar-refractivity contribution >= 4 is 59.7 Å². The van der Waals surface area contributed by atoms with Gasteiger partial charge in [-0.3, -0.25) is 4.79 Å². The van der Waals surface area contributed by atoms with E-state index in [9.17, 15) is 13.2 Å². The summed E-state index contributed by atoms with van der Waals surface area (Å²) in [6.07, 6.45) is 3.70. The summed E-state index contributed by atoms with van der Waals surface area (Å²) in [5.74, 6) is 0.345. The van der Waals surface area contributed by atoms with Crippen molar-refractivity contribution in [1.29, 1.82) is 0 Å². The van der Waals surface area contributed by atoms with Gasteiger partial charge in [-0.25, -0.2) is 18.4 Å². The minimum Gasteiger partial charge on any atom is -0.336 e. The van der Waals surface area contributed by atoms with Gasteiger partial charge in [0.25, 0.3) is 5.91 Å². The zero-order valence-corrected chi connectivity index (χ0v) is 18.9. The quantitative estimate of drug-likeness (QED) is 0.473. The van der Waals surface area contributed by atoms with Crippen LogP contribution in [0.25, 0.3) is 21.0 Å². The zero-order valence-electron chi connectivity index (χ0n) is 17.3. The van der Waals surface area contributed by atoms with Gasteiger partial charge in [0, 0.05) is 52.7 Å². The number of thiophene rings is 1. The number of hydrogen-bond acceptors (Lipinski definition) is 8. The molecule has 1 aliphatic rings. The lowest BCUT2D eigenvalue weighted by molar-refractivity contribution is 0.0795. The fourth-order valence-electron chi connectivity index (χ4n) is 3.84. The number of fused-ring (bicyclic) bond motifs is 3. The molecule has 2 aromatic heterocycles. The van der Waals surface area contributed by atoms with E-state index in [1.54, 1.807) is 35.4 Å². The van der Waals surface area contributed by atoms with Gasteiger partial charge in [-0.15, -0.1) is 11.3 Å². The smallest absolute Gasteiger partial charge is 0.264 e. The molecule has 1 amide bonds. The molecular formula is C22H21N5O3S2. The molecule has 0 spiro atoms. The maximum absolute atomic E-state index is 12.9. The number of hydrogen-bond donors (Lipinski definition) is 2. The molecule has 0 radical (unpaired) electrons. The van der Waals surface area contributed by atoms with E-state index in [1.807, 2.05) is 18.2 Å². The van der Waals surface area contributed by atoms with E-state index >= 15 is 0 Å². The van der Waals surface area contributed by atoms with Crippen LogP contribution in [-0.2, 0) is 9.84 Å². The molecule has 0 aliphatic carbocycles. The molecule has 3 N–H and O–H groups in total. The number of benzene rings is 2. The van der Waals surface area contributed by atoms with Crippen molar-refractivity contribution in [3.63, 3.8) is 0 Å². The van der Waals surface area contributed by atoms with Gasteiger partial charge in [0.1, 0.15) is 0 Å². The molecule has 5 rings (SSSR count). The Balaban J connectivity index is 1.51. The molecule has 8 nitrogen and oxygen atoms in total. The van der Waals surface area contributed by atoms with Gasteiger partial charge in [-0.2, -0.15) is 0 Å². The SMILES string of the molecule is CS(=O)(=O)c1cccc(Nc2ncc3ccc4sc(C(=O)N5CCC(N)C5)cc4c3n2)c1. The molecule has 1 saturated heterocycles. The van der Waals surface area contributed by atoms with E-state index in [-0.39, 0.29) is 16.8 Å². The van der Waals surface area contributed by atoms with Crippen molar-refractivity contribution in [2.24, 2.45) is 5.73 Å². The third-order valence-corrected chi connectivity index (χ3v) is 7.69. The van der Waals surface area contributed by atoms with Gasteiger partial charge in [0.05, 0.1) is 15.3 Å². The third kappa shape index (κ3) is 3.92. The Kier molecular flexibility index (Phi) is 5.07. The van der Waals surface area contributed by atoms with Crippen LogP contribution in [-0.4, -0.2) is 54.6 Å². The van der Waals surface area contributed by atoms with Gasteiger partial charge >= 0.3 is 0 Å². The molecular weight excluding hydrogens is 446 g/mol. The normalized spacial score (nSPS) is 16.7. The first-order valence-electron chi connectivity index (χ1n) is 10.1. The van der Waals surface area contributed by atoms with Crippen LogP contribution >= 0.6 is 11.3 Å². The molecule has 0 saturated carbocycles. The van der Waals surface area contributed by atoms with Crippen LogP contribution in [0.1, 0.15) is 16.1 Å². The second-order valence-corrected chi connectivity index (χ2v) is 11.0. The highest BCUT2D eigenvalue weighted by Crippen LogP contribution is 2.33. The molecule has 32 heavy (non-hydrogen) atoms. The van der Waals surface area contributed by atoms with E-state index in [0.29, 0.717) is 29.6 Å². The molecule has 1 atom stereocenters. The Morgan fingerprint density at radius 2 is 2.09 bits per heavy atom. The molecule has 1 aliphatic heterocycles. The number of nitrogens with zero attached hydrogens (tertiary/aromatic N) is 3. The number of amides is 1. The molecule has 4 aromatic rings. The Labute approximate surface area is 189 Å². The minimum absolute atomic E-state index is 0.00251. The van der Waals surface area contributed by atoms with Gasteiger partial charge in [0.15, 0.2) is 9.84 Å². The van der Waals surface area contributed by atoms with Crippen molar-refractivity contribution in [3.8, 4) is 0 Å². The lowest BCUT2D eigenvalue weighted by atomic mass is 10.2. The monoisotopic (exact) mass is 467 g/mol. The maximum Gasteiger partial charge on any atom is 0.264 e. The summed E-state index contributed by atoms with van der Waals surface area (Å²) in [4.78, 5) is 24.6. The predicted molar refractivity (Wildman–Crippen MR) is 126 cm³/mol. The fraction of sp³-hybridized carbons (Fsp3) is 0.227. The minimum atomic E-state index is -3.32. The highest BCUT2D eigenvalue weighted by atomic mass is 32.2. The van der Waals surface area contributed by atoms with Crippen LogP contribution in [0.4, 0.5) is 11.6 Å². The highest BCUT2D eigenvalue weighted by Gasteiger charge is 2.26. The number of carbonyl (C=O) groups excluding carboxylic acids is 1. The Morgan fingerprint density at radius 3 is 2.84 bits per heavy atom. The largest absolute Gasteiger partial charge is 0.336 e. The average Bonchev–Trinajstić information content (AvgIpc) is 3.39. The second-order valence-electron chi connectivity index (χ2n) is 7.94. The van der Waals surface area contributed by atoms with Gasteiger partial charge in [0.2, 0.25) is 5.95 Å². The summed E-state index contributed by atoms with van der Waals surface area (Å²) < 4.78 is 24.6. The van der Waals surface area contributed by atoms with Crippen LogP contribution in [0.2, 0.25) is 0 Å². The van der Waals surface area contributed by atoms with Crippen LogP contribution in [0.5, 0.6) is 0 Å². The molecule has 1 unspecified atom stereocenters. The predicted octanol–water partition coefficient (Wildman–Crippen LogP) is 3.16. The Morgan fingerprint density at radius 1 is 1.25 bits per heavy atom. The van der Waals surface area contributed by atoms with E-state index in [2.05, 4.69) is 15.3 Å². The van der Waals surface area contributed by atoms with E-state index in [1.165, 1.54) is 17.6 Å². The summed E-state index contributed by atoms with van der Waals surface area (Å²) in [6.45, 7) is 1.26. The van der Waals surface area contributed by atoms with E-state index in [0.717, 1.165) is 27.4 Å². The topological polar surface area (TPSA) is 118 Å². The van der Waals surface area contributed by atoms with Gasteiger partial charge in [-0.05, 0) is 42.8 Å². The van der Waals surface area contributed by atoms with Crippen molar-refractivity contribution in [2.75, 3.05) is 24.7 Å². The number of nitrogens with one attached hydrogen (secondary N) is 1. The molecule has 0 bridgehead atoms. The number of nitrogens with two attached hydrogens (primary N) is 1. The van der Waals surface area contributed by atoms with Crippen LogP contribution in [0.3, 0.4) is 0 Å². The number of sulfone groups is 1. The van der Waals surface area contributed by atoms with Crippen molar-refractivity contribution < 1.29 is 13.2 Å². The molecule has 1 fully saturated rings. The molecule has 164 valence electrons. The summed E-state index contributed by atoms with van der Waals surface area (Å²) in [6, 6.07) is 12.3. The average molecular weight is 468 g/mol. The van der Waals surface area contributed by atoms with Crippen molar-refractivity contribution in [3.05, 3.63) is 53.5 Å². The first-order valence-corrected chi connectivity index (χ1v) is 12.8. The van der Waals surface area contributed by atoms with Gasteiger partial charge < -0.3 is 16.0 Å². The van der Waals surface area contributed by atoms with Crippen molar-refractivity contribution in [2.45, 2.75) is 17.4 Å². The summed E-state index contributed by atoms with van der Waals surface area (Å²) in [5, 5.41) is 4.82.